The largest absolute Gasteiger partial charge is 0.495 e. The summed E-state index contributed by atoms with van der Waals surface area (Å²) in [5, 5.41) is 3.08. The van der Waals surface area contributed by atoms with Crippen molar-refractivity contribution in [1.29, 1.82) is 0 Å². The number of carbonyl (C=O) groups excluding carboxylic acids is 2. The van der Waals surface area contributed by atoms with E-state index in [2.05, 4.69) is 5.32 Å². The smallest absolute Gasteiger partial charge is 0.338 e. The van der Waals surface area contributed by atoms with Gasteiger partial charge in [-0.2, -0.15) is 0 Å². The maximum atomic E-state index is 12.4. The molecule has 32 heavy (non-hydrogen) atoms. The number of anilines is 2. The first kappa shape index (κ1) is 25.5. The molecular weight excluding hydrogens is 456 g/mol. The van der Waals surface area contributed by atoms with Crippen LogP contribution in [0, 0.1) is 6.92 Å². The molecule has 2 aromatic rings. The number of nitrogens with zero attached hydrogens (tertiary/aromatic N) is 1. The van der Waals surface area contributed by atoms with Crippen molar-refractivity contribution in [2.24, 2.45) is 0 Å². The number of sulfonamides is 1. The third-order valence-corrected chi connectivity index (χ3v) is 6.09. The molecule has 0 atom stereocenters. The number of carbonyl (C=O) groups is 2. The Balaban J connectivity index is 2.01. The predicted molar refractivity (Wildman–Crippen MR) is 125 cm³/mol. The predicted octanol–water partition coefficient (Wildman–Crippen LogP) is 4.02. The summed E-state index contributed by atoms with van der Waals surface area (Å²) in [5.41, 5.74) is 2.09. The zero-order valence-corrected chi connectivity index (χ0v) is 20.0. The van der Waals surface area contributed by atoms with Crippen molar-refractivity contribution in [3.05, 3.63) is 52.5 Å². The molecule has 0 saturated heterocycles. The summed E-state index contributed by atoms with van der Waals surface area (Å²) >= 11 is 6.12. The standard InChI is InChI=1S/C22H27ClN2O6S/c1-5-31-22(27)16-8-10-19(15(2)13-16)24-21(26)7-6-12-25(32(4,28)29)17-9-11-20(30-3)18(23)14-17/h8-11,13-14H,5-7,12H2,1-4H3,(H,24,26). The summed E-state index contributed by atoms with van der Waals surface area (Å²) in [4.78, 5) is 24.2. The second-order valence-corrected chi connectivity index (χ2v) is 9.37. The average Bonchev–Trinajstić information content (AvgIpc) is 2.72. The van der Waals surface area contributed by atoms with E-state index in [-0.39, 0.29) is 30.5 Å². The zero-order chi connectivity index (χ0) is 23.9. The monoisotopic (exact) mass is 482 g/mol. The van der Waals surface area contributed by atoms with Crippen LogP contribution in [0.5, 0.6) is 5.75 Å². The minimum absolute atomic E-state index is 0.106. The molecule has 174 valence electrons. The first-order valence-corrected chi connectivity index (χ1v) is 12.2. The lowest BCUT2D eigenvalue weighted by Crippen LogP contribution is -2.31. The van der Waals surface area contributed by atoms with Gasteiger partial charge in [0.15, 0.2) is 0 Å². The van der Waals surface area contributed by atoms with Gasteiger partial charge in [-0.1, -0.05) is 11.6 Å². The van der Waals surface area contributed by atoms with Crippen LogP contribution in [0.15, 0.2) is 36.4 Å². The molecule has 0 aliphatic rings. The summed E-state index contributed by atoms with van der Waals surface area (Å²) in [5.74, 6) is -0.251. The zero-order valence-electron chi connectivity index (χ0n) is 18.5. The van der Waals surface area contributed by atoms with Crippen molar-refractivity contribution in [3.8, 4) is 5.75 Å². The maximum Gasteiger partial charge on any atom is 0.338 e. The molecule has 0 unspecified atom stereocenters. The second kappa shape index (κ2) is 11.2. The van der Waals surface area contributed by atoms with E-state index in [1.807, 2.05) is 0 Å². The van der Waals surface area contributed by atoms with Crippen LogP contribution in [0.3, 0.4) is 0 Å². The lowest BCUT2D eigenvalue weighted by Gasteiger charge is -2.23. The van der Waals surface area contributed by atoms with E-state index in [9.17, 15) is 18.0 Å². The van der Waals surface area contributed by atoms with Gasteiger partial charge in [0.1, 0.15) is 5.75 Å². The number of ether oxygens (including phenoxy) is 2. The van der Waals surface area contributed by atoms with Crippen molar-refractivity contribution in [2.75, 3.05) is 36.1 Å². The van der Waals surface area contributed by atoms with Crippen molar-refractivity contribution < 1.29 is 27.5 Å². The van der Waals surface area contributed by atoms with E-state index in [1.165, 1.54) is 17.5 Å². The molecule has 0 radical (unpaired) electrons. The summed E-state index contributed by atoms with van der Waals surface area (Å²) < 4.78 is 35.8. The highest BCUT2D eigenvalue weighted by Crippen LogP contribution is 2.30. The Morgan fingerprint density at radius 2 is 1.88 bits per heavy atom. The van der Waals surface area contributed by atoms with Gasteiger partial charge >= 0.3 is 5.97 Å². The summed E-state index contributed by atoms with van der Waals surface area (Å²) in [6, 6.07) is 9.56. The van der Waals surface area contributed by atoms with Gasteiger partial charge in [0.25, 0.3) is 0 Å². The summed E-state index contributed by atoms with van der Waals surface area (Å²) in [6.07, 6.45) is 1.50. The van der Waals surface area contributed by atoms with Crippen molar-refractivity contribution in [1.82, 2.24) is 0 Å². The van der Waals surface area contributed by atoms with Crippen LogP contribution >= 0.6 is 11.6 Å². The van der Waals surface area contributed by atoms with Crippen LogP contribution in [0.1, 0.15) is 35.7 Å². The number of hydrogen-bond acceptors (Lipinski definition) is 6. The van der Waals surface area contributed by atoms with E-state index in [0.29, 0.717) is 29.1 Å². The number of nitrogens with one attached hydrogen (secondary N) is 1. The molecule has 8 nitrogen and oxygen atoms in total. The summed E-state index contributed by atoms with van der Waals surface area (Å²) in [7, 11) is -2.11. The number of hydrogen-bond donors (Lipinski definition) is 1. The second-order valence-electron chi connectivity index (χ2n) is 7.06. The van der Waals surface area contributed by atoms with E-state index in [4.69, 9.17) is 21.1 Å². The highest BCUT2D eigenvalue weighted by Gasteiger charge is 2.19. The van der Waals surface area contributed by atoms with Crippen LogP contribution < -0.4 is 14.4 Å². The topological polar surface area (TPSA) is 102 Å². The van der Waals surface area contributed by atoms with Gasteiger partial charge in [-0.05, 0) is 62.2 Å². The minimum atomic E-state index is -3.58. The average molecular weight is 483 g/mol. The molecule has 0 aliphatic carbocycles. The highest BCUT2D eigenvalue weighted by atomic mass is 35.5. The van der Waals surface area contributed by atoms with Crippen LogP contribution in [-0.4, -0.2) is 46.8 Å². The number of amides is 1. The van der Waals surface area contributed by atoms with E-state index >= 15 is 0 Å². The molecule has 1 amide bonds. The van der Waals surface area contributed by atoms with E-state index in [1.54, 1.807) is 44.2 Å². The quantitative estimate of drug-likeness (QED) is 0.513. The first-order valence-electron chi connectivity index (χ1n) is 9.95. The molecule has 0 saturated carbocycles. The number of rotatable bonds is 10. The SMILES string of the molecule is CCOC(=O)c1ccc(NC(=O)CCCN(c2ccc(OC)c(Cl)c2)S(C)(=O)=O)c(C)c1. The Hall–Kier alpha value is -2.78. The van der Waals surface area contributed by atoms with Crippen LogP contribution in [0.4, 0.5) is 11.4 Å². The fourth-order valence-corrected chi connectivity index (χ4v) is 4.25. The lowest BCUT2D eigenvalue weighted by atomic mass is 10.1. The van der Waals surface area contributed by atoms with Crippen molar-refractivity contribution in [3.63, 3.8) is 0 Å². The van der Waals surface area contributed by atoms with Crippen LogP contribution in [-0.2, 0) is 19.6 Å². The normalized spacial score (nSPS) is 11.0. The molecule has 10 heteroatoms. The fourth-order valence-electron chi connectivity index (χ4n) is 3.04. The number of aryl methyl sites for hydroxylation is 1. The van der Waals surface area contributed by atoms with Crippen LogP contribution in [0.2, 0.25) is 5.02 Å². The number of halogens is 1. The molecular formula is C22H27ClN2O6S. The lowest BCUT2D eigenvalue weighted by molar-refractivity contribution is -0.116. The number of methoxy groups -OCH3 is 1. The molecule has 0 aliphatic heterocycles. The van der Waals surface area contributed by atoms with Crippen LogP contribution in [0.25, 0.3) is 0 Å². The van der Waals surface area contributed by atoms with Crippen molar-refractivity contribution in [2.45, 2.75) is 26.7 Å². The third-order valence-electron chi connectivity index (χ3n) is 4.60. The van der Waals surface area contributed by atoms with Gasteiger partial charge in [-0.3, -0.25) is 9.10 Å². The fraction of sp³-hybridized carbons (Fsp3) is 0.364. The molecule has 0 aromatic heterocycles. The molecule has 2 rings (SSSR count). The number of benzene rings is 2. The molecule has 0 bridgehead atoms. The van der Waals surface area contributed by atoms with Gasteiger partial charge in [-0.25, -0.2) is 13.2 Å². The van der Waals surface area contributed by atoms with Gasteiger partial charge in [0.05, 0.1) is 36.2 Å². The molecule has 0 spiro atoms. The maximum absolute atomic E-state index is 12.4. The van der Waals surface area contributed by atoms with E-state index in [0.717, 1.165) is 11.8 Å². The minimum Gasteiger partial charge on any atom is -0.495 e. The Kier molecular flexibility index (Phi) is 8.91. The van der Waals surface area contributed by atoms with Gasteiger partial charge in [-0.15, -0.1) is 0 Å². The Morgan fingerprint density at radius 3 is 2.44 bits per heavy atom. The first-order chi connectivity index (χ1) is 15.1. The van der Waals surface area contributed by atoms with Gasteiger partial charge < -0.3 is 14.8 Å². The van der Waals surface area contributed by atoms with Gasteiger partial charge in [0, 0.05) is 18.7 Å². The number of esters is 1. The van der Waals surface area contributed by atoms with Gasteiger partial charge in [0.2, 0.25) is 15.9 Å². The Bertz CT molecular complexity index is 1090. The Labute approximate surface area is 193 Å². The molecule has 1 N–H and O–H groups in total. The molecule has 0 heterocycles. The Morgan fingerprint density at radius 1 is 1.16 bits per heavy atom. The summed E-state index contributed by atoms with van der Waals surface area (Å²) in [6.45, 7) is 3.89. The molecule has 0 fully saturated rings. The molecule has 2 aromatic carbocycles. The van der Waals surface area contributed by atoms with E-state index < -0.39 is 16.0 Å². The van der Waals surface area contributed by atoms with Crippen molar-refractivity contribution >= 4 is 44.9 Å². The highest BCUT2D eigenvalue weighted by molar-refractivity contribution is 7.92. The third kappa shape index (κ3) is 6.86.